The Labute approximate surface area is 141 Å². The monoisotopic (exact) mass is 333 g/mol. The number of hydrogen-bond acceptors (Lipinski definition) is 4. The van der Waals surface area contributed by atoms with Gasteiger partial charge in [0.05, 0.1) is 5.92 Å². The summed E-state index contributed by atoms with van der Waals surface area (Å²) in [6, 6.07) is 6.59. The van der Waals surface area contributed by atoms with Crippen molar-refractivity contribution in [3.05, 3.63) is 29.8 Å². The van der Waals surface area contributed by atoms with Crippen LogP contribution in [0, 0.1) is 11.8 Å². The lowest BCUT2D eigenvalue weighted by Gasteiger charge is -2.16. The molecule has 1 aromatic carbocycles. The van der Waals surface area contributed by atoms with Gasteiger partial charge in [0.2, 0.25) is 0 Å². The number of carboxylic acids is 1. The number of carbonyl (C=O) groups excluding carboxylic acids is 2. The SMILES string of the molecule is CCC[C@@H]1CN(C(=O)COc2ccc(C(C)=O)cc2)C[C@H]1C(=O)O. The molecule has 130 valence electrons. The van der Waals surface area contributed by atoms with Gasteiger partial charge in [-0.2, -0.15) is 0 Å². The molecule has 1 amide bonds. The van der Waals surface area contributed by atoms with Crippen molar-refractivity contribution in [2.24, 2.45) is 11.8 Å². The standard InChI is InChI=1S/C18H23NO5/c1-3-4-14-9-19(10-16(14)18(22)23)17(21)11-24-15-7-5-13(6-8-15)12(2)20/h5-8,14,16H,3-4,9-11H2,1-2H3,(H,22,23)/t14-,16-/m1/s1. The van der Waals surface area contributed by atoms with E-state index in [-0.39, 0.29) is 30.8 Å². The Morgan fingerprint density at radius 2 is 1.88 bits per heavy atom. The van der Waals surface area contributed by atoms with Crippen LogP contribution >= 0.6 is 0 Å². The zero-order valence-corrected chi connectivity index (χ0v) is 14.0. The second-order valence-electron chi connectivity index (χ2n) is 6.16. The van der Waals surface area contributed by atoms with Gasteiger partial charge in [-0.1, -0.05) is 13.3 Å². The number of aliphatic carboxylic acids is 1. The van der Waals surface area contributed by atoms with Gasteiger partial charge < -0.3 is 14.7 Å². The number of likely N-dealkylation sites (tertiary alicyclic amines) is 1. The van der Waals surface area contributed by atoms with Crippen molar-refractivity contribution in [2.45, 2.75) is 26.7 Å². The molecule has 24 heavy (non-hydrogen) atoms. The normalized spacial score (nSPS) is 20.0. The zero-order valence-electron chi connectivity index (χ0n) is 14.0. The van der Waals surface area contributed by atoms with E-state index in [2.05, 4.69) is 0 Å². The molecule has 1 heterocycles. The molecule has 6 heteroatoms. The van der Waals surface area contributed by atoms with E-state index in [4.69, 9.17) is 4.74 Å². The van der Waals surface area contributed by atoms with E-state index >= 15 is 0 Å². The highest BCUT2D eigenvalue weighted by Crippen LogP contribution is 2.27. The van der Waals surface area contributed by atoms with E-state index < -0.39 is 11.9 Å². The van der Waals surface area contributed by atoms with Crippen LogP contribution in [0.3, 0.4) is 0 Å². The van der Waals surface area contributed by atoms with Crippen LogP contribution in [0.4, 0.5) is 0 Å². The molecule has 0 saturated carbocycles. The molecule has 0 spiro atoms. The second-order valence-corrected chi connectivity index (χ2v) is 6.16. The fourth-order valence-corrected chi connectivity index (χ4v) is 3.04. The van der Waals surface area contributed by atoms with E-state index in [1.54, 1.807) is 29.2 Å². The molecule has 2 atom stereocenters. The van der Waals surface area contributed by atoms with Crippen molar-refractivity contribution >= 4 is 17.7 Å². The van der Waals surface area contributed by atoms with Crippen molar-refractivity contribution < 1.29 is 24.2 Å². The van der Waals surface area contributed by atoms with Gasteiger partial charge in [-0.15, -0.1) is 0 Å². The van der Waals surface area contributed by atoms with E-state index in [0.717, 1.165) is 12.8 Å². The third-order valence-electron chi connectivity index (χ3n) is 4.39. The molecule has 6 nitrogen and oxygen atoms in total. The average molecular weight is 333 g/mol. The minimum absolute atomic E-state index is 0.00583. The number of ketones is 1. The minimum atomic E-state index is -0.843. The van der Waals surface area contributed by atoms with Crippen LogP contribution in [0.25, 0.3) is 0 Å². The molecule has 0 radical (unpaired) electrons. The predicted molar refractivity (Wildman–Crippen MR) is 88.0 cm³/mol. The maximum Gasteiger partial charge on any atom is 0.308 e. The van der Waals surface area contributed by atoms with Gasteiger partial charge in [0.25, 0.3) is 5.91 Å². The van der Waals surface area contributed by atoms with Crippen molar-refractivity contribution in [3.63, 3.8) is 0 Å². The topological polar surface area (TPSA) is 83.9 Å². The van der Waals surface area contributed by atoms with Gasteiger partial charge in [0.1, 0.15) is 5.75 Å². The van der Waals surface area contributed by atoms with Crippen molar-refractivity contribution in [1.82, 2.24) is 4.90 Å². The van der Waals surface area contributed by atoms with Gasteiger partial charge in [-0.05, 0) is 43.5 Å². The summed E-state index contributed by atoms with van der Waals surface area (Å²) in [6.07, 6.45) is 1.70. The summed E-state index contributed by atoms with van der Waals surface area (Å²) in [5.74, 6) is -1.07. The number of benzene rings is 1. The molecular formula is C18H23NO5. The van der Waals surface area contributed by atoms with E-state index in [0.29, 0.717) is 17.9 Å². The summed E-state index contributed by atoms with van der Waals surface area (Å²) in [6.45, 7) is 4.07. The van der Waals surface area contributed by atoms with E-state index in [1.807, 2.05) is 6.92 Å². The molecule has 1 aliphatic rings. The van der Waals surface area contributed by atoms with Crippen LogP contribution in [-0.2, 0) is 9.59 Å². The van der Waals surface area contributed by atoms with Gasteiger partial charge in [-0.3, -0.25) is 14.4 Å². The number of amides is 1. The number of Topliss-reactive ketones (excluding diaryl/α,β-unsaturated/α-hetero) is 1. The van der Waals surface area contributed by atoms with Crippen LogP contribution in [-0.4, -0.2) is 47.4 Å². The molecule has 1 saturated heterocycles. The Morgan fingerprint density at radius 3 is 2.42 bits per heavy atom. The first-order valence-electron chi connectivity index (χ1n) is 8.16. The van der Waals surface area contributed by atoms with Crippen LogP contribution in [0.15, 0.2) is 24.3 Å². The first kappa shape index (κ1) is 18.0. The molecule has 1 fully saturated rings. The van der Waals surface area contributed by atoms with Crippen LogP contribution in [0.2, 0.25) is 0 Å². The number of hydrogen-bond donors (Lipinski definition) is 1. The third kappa shape index (κ3) is 4.34. The lowest BCUT2D eigenvalue weighted by atomic mass is 9.92. The molecule has 0 aliphatic carbocycles. The maximum absolute atomic E-state index is 12.3. The number of nitrogens with zero attached hydrogens (tertiary/aromatic N) is 1. The summed E-state index contributed by atoms with van der Waals surface area (Å²) in [5.41, 5.74) is 0.583. The summed E-state index contributed by atoms with van der Waals surface area (Å²) in [5, 5.41) is 9.29. The number of carboxylic acid groups (broad SMARTS) is 1. The van der Waals surface area contributed by atoms with Crippen LogP contribution < -0.4 is 4.74 Å². The van der Waals surface area contributed by atoms with Crippen LogP contribution in [0.5, 0.6) is 5.75 Å². The maximum atomic E-state index is 12.3. The van der Waals surface area contributed by atoms with Gasteiger partial charge >= 0.3 is 5.97 Å². The first-order chi connectivity index (χ1) is 11.4. The molecule has 0 bridgehead atoms. The lowest BCUT2D eigenvalue weighted by Crippen LogP contribution is -2.33. The third-order valence-corrected chi connectivity index (χ3v) is 4.39. The highest BCUT2D eigenvalue weighted by Gasteiger charge is 2.38. The molecule has 1 aliphatic heterocycles. The van der Waals surface area contributed by atoms with Crippen molar-refractivity contribution in [3.8, 4) is 5.75 Å². The lowest BCUT2D eigenvalue weighted by molar-refractivity contribution is -0.142. The average Bonchev–Trinajstić information content (AvgIpc) is 2.97. The largest absolute Gasteiger partial charge is 0.484 e. The minimum Gasteiger partial charge on any atom is -0.484 e. The Balaban J connectivity index is 1.90. The highest BCUT2D eigenvalue weighted by atomic mass is 16.5. The highest BCUT2D eigenvalue weighted by molar-refractivity contribution is 5.94. The predicted octanol–water partition coefficient (Wildman–Crippen LogP) is 2.23. The fraction of sp³-hybridized carbons (Fsp3) is 0.500. The van der Waals surface area contributed by atoms with Crippen molar-refractivity contribution in [2.75, 3.05) is 19.7 Å². The smallest absolute Gasteiger partial charge is 0.308 e. The second kappa shape index (κ2) is 7.95. The molecule has 0 aromatic heterocycles. The molecular weight excluding hydrogens is 310 g/mol. The number of ether oxygens (including phenoxy) is 1. The summed E-state index contributed by atoms with van der Waals surface area (Å²) >= 11 is 0. The summed E-state index contributed by atoms with van der Waals surface area (Å²) < 4.78 is 5.46. The summed E-state index contributed by atoms with van der Waals surface area (Å²) in [4.78, 5) is 36.4. The first-order valence-corrected chi connectivity index (χ1v) is 8.16. The Morgan fingerprint density at radius 1 is 1.21 bits per heavy atom. The Bertz CT molecular complexity index is 610. The zero-order chi connectivity index (χ0) is 17.7. The van der Waals surface area contributed by atoms with Crippen LogP contribution in [0.1, 0.15) is 37.0 Å². The number of rotatable bonds is 7. The van der Waals surface area contributed by atoms with Crippen molar-refractivity contribution in [1.29, 1.82) is 0 Å². The summed E-state index contributed by atoms with van der Waals surface area (Å²) in [7, 11) is 0. The van der Waals surface area contributed by atoms with Gasteiger partial charge in [0, 0.05) is 18.7 Å². The Hall–Kier alpha value is -2.37. The van der Waals surface area contributed by atoms with Gasteiger partial charge in [0.15, 0.2) is 12.4 Å². The Kier molecular flexibility index (Phi) is 5.95. The quantitative estimate of drug-likeness (QED) is 0.774. The van der Waals surface area contributed by atoms with Gasteiger partial charge in [-0.25, -0.2) is 0 Å². The molecule has 2 rings (SSSR count). The molecule has 0 unspecified atom stereocenters. The van der Waals surface area contributed by atoms with E-state index in [1.165, 1.54) is 6.92 Å². The number of carbonyl (C=O) groups is 3. The fourth-order valence-electron chi connectivity index (χ4n) is 3.04. The molecule has 1 N–H and O–H groups in total. The molecule has 1 aromatic rings. The van der Waals surface area contributed by atoms with E-state index in [9.17, 15) is 19.5 Å².